The van der Waals surface area contributed by atoms with Gasteiger partial charge in [-0.25, -0.2) is 9.18 Å². The number of urea groups is 1. The maximum Gasteiger partial charge on any atom is 0.325 e. The van der Waals surface area contributed by atoms with Crippen LogP contribution >= 0.6 is 23.1 Å². The second-order valence-electron chi connectivity index (χ2n) is 4.81. The number of hydrogen-bond acceptors (Lipinski definition) is 6. The molecule has 0 saturated carbocycles. The summed E-state index contributed by atoms with van der Waals surface area (Å²) >= 11 is 2.46. The van der Waals surface area contributed by atoms with E-state index >= 15 is 0 Å². The van der Waals surface area contributed by atoms with E-state index < -0.39 is 6.03 Å². The average molecular weight is 383 g/mol. The number of halogens is 1. The monoisotopic (exact) mass is 383 g/mol. The second-order valence-corrected chi connectivity index (χ2v) is 7.01. The maximum absolute atomic E-state index is 12.8. The molecule has 0 spiro atoms. The van der Waals surface area contributed by atoms with E-state index in [0.29, 0.717) is 28.2 Å². The van der Waals surface area contributed by atoms with E-state index in [1.165, 1.54) is 47.4 Å². The highest BCUT2D eigenvalue weighted by atomic mass is 32.2. The Labute approximate surface area is 153 Å². The lowest BCUT2D eigenvalue weighted by atomic mass is 10.3. The van der Waals surface area contributed by atoms with Crippen molar-refractivity contribution in [2.45, 2.75) is 18.2 Å². The largest absolute Gasteiger partial charge is 0.343 e. The minimum atomic E-state index is -0.501. The van der Waals surface area contributed by atoms with Crippen molar-refractivity contribution in [1.29, 1.82) is 0 Å². The predicted molar refractivity (Wildman–Crippen MR) is 97.6 cm³/mol. The van der Waals surface area contributed by atoms with E-state index in [0.717, 1.165) is 0 Å². The van der Waals surface area contributed by atoms with Gasteiger partial charge in [0.1, 0.15) is 5.82 Å². The van der Waals surface area contributed by atoms with Crippen molar-refractivity contribution < 1.29 is 14.0 Å². The SMILES string of the molecule is CCN(CC)C(=O)CSc1nnc(NC(=O)Nc2ccc(F)cc2)s1. The first-order chi connectivity index (χ1) is 12.0. The highest BCUT2D eigenvalue weighted by Crippen LogP contribution is 2.25. The smallest absolute Gasteiger partial charge is 0.325 e. The van der Waals surface area contributed by atoms with Gasteiger partial charge in [-0.15, -0.1) is 10.2 Å². The fourth-order valence-electron chi connectivity index (χ4n) is 1.90. The zero-order valence-electron chi connectivity index (χ0n) is 13.8. The first kappa shape index (κ1) is 19.1. The second kappa shape index (κ2) is 9.33. The highest BCUT2D eigenvalue weighted by Gasteiger charge is 2.13. The van der Waals surface area contributed by atoms with Gasteiger partial charge in [-0.05, 0) is 38.1 Å². The molecule has 1 heterocycles. The first-order valence-corrected chi connectivity index (χ1v) is 9.39. The molecule has 10 heteroatoms. The molecule has 2 rings (SSSR count). The summed E-state index contributed by atoms with van der Waals surface area (Å²) in [5.41, 5.74) is 0.461. The minimum Gasteiger partial charge on any atom is -0.343 e. The van der Waals surface area contributed by atoms with E-state index in [4.69, 9.17) is 0 Å². The van der Waals surface area contributed by atoms with Gasteiger partial charge in [0, 0.05) is 18.8 Å². The van der Waals surface area contributed by atoms with Crippen LogP contribution < -0.4 is 10.6 Å². The molecule has 0 aliphatic heterocycles. The molecule has 0 saturated heterocycles. The first-order valence-electron chi connectivity index (χ1n) is 7.59. The Balaban J connectivity index is 1.83. The normalized spacial score (nSPS) is 10.4. The van der Waals surface area contributed by atoms with E-state index in [-0.39, 0.29) is 17.5 Å². The van der Waals surface area contributed by atoms with Crippen molar-refractivity contribution in [3.8, 4) is 0 Å². The molecule has 0 bridgehead atoms. The van der Waals surface area contributed by atoms with Crippen LogP contribution in [0.15, 0.2) is 28.6 Å². The Hall–Kier alpha value is -2.20. The molecule has 3 amide bonds. The standard InChI is InChI=1S/C15H18FN5O2S2/c1-3-21(4-2)12(22)9-24-15-20-19-14(25-15)18-13(23)17-11-7-5-10(16)6-8-11/h5-8H,3-4,9H2,1-2H3,(H2,17,18,19,23). The van der Waals surface area contributed by atoms with Crippen molar-refractivity contribution in [2.24, 2.45) is 0 Å². The maximum atomic E-state index is 12.8. The Kier molecular flexibility index (Phi) is 7.14. The molecular weight excluding hydrogens is 365 g/mol. The molecule has 0 unspecified atom stereocenters. The third-order valence-electron chi connectivity index (χ3n) is 3.16. The van der Waals surface area contributed by atoms with Gasteiger partial charge in [0.25, 0.3) is 0 Å². The van der Waals surface area contributed by atoms with E-state index in [2.05, 4.69) is 20.8 Å². The molecule has 25 heavy (non-hydrogen) atoms. The summed E-state index contributed by atoms with van der Waals surface area (Å²) in [7, 11) is 0. The van der Waals surface area contributed by atoms with Crippen molar-refractivity contribution in [1.82, 2.24) is 15.1 Å². The molecular formula is C15H18FN5O2S2. The van der Waals surface area contributed by atoms with Crippen LogP contribution in [0.5, 0.6) is 0 Å². The average Bonchev–Trinajstić information content (AvgIpc) is 3.03. The van der Waals surface area contributed by atoms with Crippen molar-refractivity contribution >= 4 is 45.9 Å². The third-order valence-corrected chi connectivity index (χ3v) is 5.12. The molecule has 7 nitrogen and oxygen atoms in total. The molecule has 0 atom stereocenters. The molecule has 0 fully saturated rings. The Morgan fingerprint density at radius 1 is 1.16 bits per heavy atom. The van der Waals surface area contributed by atoms with Crippen molar-refractivity contribution in [3.63, 3.8) is 0 Å². The van der Waals surface area contributed by atoms with Crippen LogP contribution in [0.3, 0.4) is 0 Å². The van der Waals surface area contributed by atoms with Crippen LogP contribution in [0.1, 0.15) is 13.8 Å². The number of aromatic nitrogens is 2. The summed E-state index contributed by atoms with van der Waals surface area (Å²) < 4.78 is 13.4. The molecule has 1 aromatic heterocycles. The lowest BCUT2D eigenvalue weighted by Crippen LogP contribution is -2.31. The van der Waals surface area contributed by atoms with Gasteiger partial charge in [-0.2, -0.15) is 0 Å². The zero-order valence-corrected chi connectivity index (χ0v) is 15.4. The van der Waals surface area contributed by atoms with Crippen LogP contribution in [0.4, 0.5) is 20.0 Å². The van der Waals surface area contributed by atoms with Gasteiger partial charge in [-0.1, -0.05) is 23.1 Å². The molecule has 0 aliphatic carbocycles. The summed E-state index contributed by atoms with van der Waals surface area (Å²) in [6.07, 6.45) is 0. The zero-order chi connectivity index (χ0) is 18.2. The molecule has 2 aromatic rings. The van der Waals surface area contributed by atoms with E-state index in [9.17, 15) is 14.0 Å². The summed E-state index contributed by atoms with van der Waals surface area (Å²) in [4.78, 5) is 25.5. The van der Waals surface area contributed by atoms with E-state index in [1.807, 2.05) is 13.8 Å². The molecule has 134 valence electrons. The number of rotatable bonds is 7. The number of carbonyl (C=O) groups is 2. The topological polar surface area (TPSA) is 87.2 Å². The molecule has 2 N–H and O–H groups in total. The third kappa shape index (κ3) is 5.98. The number of benzene rings is 1. The van der Waals surface area contributed by atoms with Crippen molar-refractivity contribution in [3.05, 3.63) is 30.1 Å². The molecule has 0 aliphatic rings. The van der Waals surface area contributed by atoms with Crippen molar-refractivity contribution in [2.75, 3.05) is 29.5 Å². The number of hydrogen-bond donors (Lipinski definition) is 2. The fourth-order valence-corrected chi connectivity index (χ4v) is 3.55. The van der Waals surface area contributed by atoms with Crippen LogP contribution in [-0.2, 0) is 4.79 Å². The number of carbonyl (C=O) groups excluding carboxylic acids is 2. The lowest BCUT2D eigenvalue weighted by Gasteiger charge is -2.17. The van der Waals surface area contributed by atoms with Gasteiger partial charge < -0.3 is 10.2 Å². The number of amides is 3. The summed E-state index contributed by atoms with van der Waals surface area (Å²) in [5.74, 6) is -0.0669. The van der Waals surface area contributed by atoms with E-state index in [1.54, 1.807) is 4.90 Å². The van der Waals surface area contributed by atoms with Gasteiger partial charge in [-0.3, -0.25) is 10.1 Å². The lowest BCUT2D eigenvalue weighted by molar-refractivity contribution is -0.127. The number of nitrogens with one attached hydrogen (secondary N) is 2. The Morgan fingerprint density at radius 2 is 1.84 bits per heavy atom. The van der Waals surface area contributed by atoms with Crippen LogP contribution in [0.25, 0.3) is 0 Å². The number of anilines is 2. The highest BCUT2D eigenvalue weighted by molar-refractivity contribution is 8.01. The molecule has 1 aromatic carbocycles. The van der Waals surface area contributed by atoms with Gasteiger partial charge in [0.15, 0.2) is 4.34 Å². The van der Waals surface area contributed by atoms with Crippen LogP contribution in [-0.4, -0.2) is 45.9 Å². The Bertz CT molecular complexity index is 719. The quantitative estimate of drug-likeness (QED) is 0.566. The van der Waals surface area contributed by atoms with Gasteiger partial charge >= 0.3 is 6.03 Å². The van der Waals surface area contributed by atoms with Gasteiger partial charge in [0.2, 0.25) is 11.0 Å². The minimum absolute atomic E-state index is 0.0359. The number of nitrogens with zero attached hydrogens (tertiary/aromatic N) is 3. The fraction of sp³-hybridized carbons (Fsp3) is 0.333. The van der Waals surface area contributed by atoms with Gasteiger partial charge in [0.05, 0.1) is 5.75 Å². The Morgan fingerprint density at radius 3 is 2.48 bits per heavy atom. The summed E-state index contributed by atoms with van der Waals surface area (Å²) in [5, 5.41) is 13.2. The predicted octanol–water partition coefficient (Wildman–Crippen LogP) is 3.28. The molecule has 0 radical (unpaired) electrons. The number of thioether (sulfide) groups is 1. The summed E-state index contributed by atoms with van der Waals surface area (Å²) in [6, 6.07) is 4.91. The summed E-state index contributed by atoms with van der Waals surface area (Å²) in [6.45, 7) is 5.20. The van der Waals surface area contributed by atoms with Crippen LogP contribution in [0.2, 0.25) is 0 Å². The van der Waals surface area contributed by atoms with Crippen LogP contribution in [0, 0.1) is 5.82 Å².